The van der Waals surface area contributed by atoms with Gasteiger partial charge in [0.25, 0.3) is 0 Å². The van der Waals surface area contributed by atoms with E-state index in [-0.39, 0.29) is 16.4 Å². The van der Waals surface area contributed by atoms with Crippen molar-refractivity contribution in [1.29, 1.82) is 0 Å². The largest absolute Gasteiger partial charge is 0.325 e. The lowest BCUT2D eigenvalue weighted by molar-refractivity contribution is -0.120. The Bertz CT molecular complexity index is 1180. The van der Waals surface area contributed by atoms with Gasteiger partial charge in [-0.05, 0) is 62.7 Å². The van der Waals surface area contributed by atoms with Crippen molar-refractivity contribution in [3.8, 4) is 0 Å². The Morgan fingerprint density at radius 1 is 0.871 bits per heavy atom. The Morgan fingerprint density at radius 2 is 1.45 bits per heavy atom. The summed E-state index contributed by atoms with van der Waals surface area (Å²) in [5.74, 6) is -0.896. The third-order valence-corrected chi connectivity index (χ3v) is 7.27. The number of carbonyl (C=O) groups is 2. The molecule has 0 bridgehead atoms. The van der Waals surface area contributed by atoms with E-state index in [2.05, 4.69) is 5.32 Å². The lowest BCUT2D eigenvalue weighted by Gasteiger charge is -2.29. The number of anilines is 1. The molecule has 5 nitrogen and oxygen atoms in total. The molecule has 0 saturated heterocycles. The standard InChI is InChI=1S/C25H25NO4S/c1-18-9-13-21(14-10-18)25(3,17-31(29,30)23-7-5-4-6-8-23)24(28)26-22-15-11-20(12-16-22)19(2)27/h4-16H,17H2,1-3H3,(H,26,28)/t25-/m1/s1. The Morgan fingerprint density at radius 3 is 2.00 bits per heavy atom. The third-order valence-electron chi connectivity index (χ3n) is 5.32. The highest BCUT2D eigenvalue weighted by molar-refractivity contribution is 7.91. The van der Waals surface area contributed by atoms with Crippen LogP contribution < -0.4 is 5.32 Å². The van der Waals surface area contributed by atoms with Crippen LogP contribution in [0.4, 0.5) is 5.69 Å². The SMILES string of the molecule is CC(=O)c1ccc(NC(=O)[C@](C)(CS(=O)(=O)c2ccccc2)c2ccc(C)cc2)cc1. The number of rotatable bonds is 7. The molecule has 0 radical (unpaired) electrons. The van der Waals surface area contributed by atoms with E-state index in [4.69, 9.17) is 0 Å². The van der Waals surface area contributed by atoms with Crippen molar-refractivity contribution in [3.05, 3.63) is 95.6 Å². The van der Waals surface area contributed by atoms with Crippen molar-refractivity contribution in [3.63, 3.8) is 0 Å². The third kappa shape index (κ3) is 5.09. The van der Waals surface area contributed by atoms with Crippen molar-refractivity contribution < 1.29 is 18.0 Å². The zero-order valence-electron chi connectivity index (χ0n) is 17.8. The molecule has 1 atom stereocenters. The maximum atomic E-state index is 13.4. The number of aryl methyl sites for hydroxylation is 1. The minimum Gasteiger partial charge on any atom is -0.325 e. The summed E-state index contributed by atoms with van der Waals surface area (Å²) in [6.45, 7) is 5.03. The van der Waals surface area contributed by atoms with E-state index in [0.29, 0.717) is 16.8 Å². The second kappa shape index (κ2) is 8.86. The molecule has 1 amide bonds. The van der Waals surface area contributed by atoms with Gasteiger partial charge in [0.1, 0.15) is 0 Å². The number of hydrogen-bond donors (Lipinski definition) is 1. The molecular formula is C25H25NO4S. The normalized spacial score (nSPS) is 13.3. The van der Waals surface area contributed by atoms with Crippen LogP contribution in [0.25, 0.3) is 0 Å². The summed E-state index contributed by atoms with van der Waals surface area (Å²) in [6, 6.07) is 21.9. The van der Waals surface area contributed by atoms with Crippen molar-refractivity contribution in [2.24, 2.45) is 0 Å². The first-order valence-electron chi connectivity index (χ1n) is 9.89. The molecular weight excluding hydrogens is 410 g/mol. The molecule has 0 aliphatic carbocycles. The summed E-state index contributed by atoms with van der Waals surface area (Å²) >= 11 is 0. The fraction of sp³-hybridized carbons (Fsp3) is 0.200. The fourth-order valence-corrected chi connectivity index (χ4v) is 5.15. The molecule has 0 unspecified atom stereocenters. The monoisotopic (exact) mass is 435 g/mol. The molecule has 0 aliphatic heterocycles. The second-order valence-electron chi connectivity index (χ2n) is 7.86. The fourth-order valence-electron chi connectivity index (χ4n) is 3.35. The molecule has 3 rings (SSSR count). The molecule has 3 aromatic rings. The van der Waals surface area contributed by atoms with E-state index in [1.165, 1.54) is 19.1 Å². The Labute approximate surface area is 183 Å². The second-order valence-corrected chi connectivity index (χ2v) is 9.85. The van der Waals surface area contributed by atoms with Crippen LogP contribution in [0.15, 0.2) is 83.8 Å². The van der Waals surface area contributed by atoms with Gasteiger partial charge >= 0.3 is 0 Å². The number of ketones is 1. The highest BCUT2D eigenvalue weighted by Crippen LogP contribution is 2.30. The maximum Gasteiger partial charge on any atom is 0.235 e. The molecule has 160 valence electrons. The lowest BCUT2D eigenvalue weighted by atomic mass is 9.83. The highest BCUT2D eigenvalue weighted by Gasteiger charge is 2.40. The zero-order valence-corrected chi connectivity index (χ0v) is 18.6. The summed E-state index contributed by atoms with van der Waals surface area (Å²) in [6.07, 6.45) is 0. The molecule has 6 heteroatoms. The van der Waals surface area contributed by atoms with Crippen LogP contribution >= 0.6 is 0 Å². The highest BCUT2D eigenvalue weighted by atomic mass is 32.2. The van der Waals surface area contributed by atoms with E-state index in [1.807, 2.05) is 19.1 Å². The first kappa shape index (κ1) is 22.4. The predicted molar refractivity (Wildman–Crippen MR) is 122 cm³/mol. The molecule has 1 N–H and O–H groups in total. The first-order chi connectivity index (χ1) is 14.6. The van der Waals surface area contributed by atoms with Gasteiger partial charge in [0.15, 0.2) is 15.6 Å². The zero-order chi connectivity index (χ0) is 22.6. The minimum atomic E-state index is -3.74. The van der Waals surface area contributed by atoms with Crippen molar-refractivity contribution >= 4 is 27.2 Å². The van der Waals surface area contributed by atoms with E-state index in [0.717, 1.165) is 5.56 Å². The van der Waals surface area contributed by atoms with Gasteiger partial charge in [0.05, 0.1) is 16.1 Å². The van der Waals surface area contributed by atoms with Gasteiger partial charge in [-0.15, -0.1) is 0 Å². The van der Waals surface area contributed by atoms with Crippen LogP contribution in [-0.2, 0) is 20.0 Å². The molecule has 0 aromatic heterocycles. The molecule has 3 aromatic carbocycles. The van der Waals surface area contributed by atoms with Gasteiger partial charge in [-0.25, -0.2) is 8.42 Å². The predicted octanol–water partition coefficient (Wildman–Crippen LogP) is 4.57. The average molecular weight is 436 g/mol. The summed E-state index contributed by atoms with van der Waals surface area (Å²) < 4.78 is 26.3. The van der Waals surface area contributed by atoms with Crippen LogP contribution in [0, 0.1) is 6.92 Å². The van der Waals surface area contributed by atoms with E-state index >= 15 is 0 Å². The van der Waals surface area contributed by atoms with E-state index in [1.54, 1.807) is 61.5 Å². The van der Waals surface area contributed by atoms with Crippen LogP contribution in [0.3, 0.4) is 0 Å². The number of benzene rings is 3. The summed E-state index contributed by atoms with van der Waals surface area (Å²) in [4.78, 5) is 25.1. The molecule has 0 saturated carbocycles. The van der Waals surface area contributed by atoms with Crippen LogP contribution in [0.1, 0.15) is 35.3 Å². The topological polar surface area (TPSA) is 80.3 Å². The minimum absolute atomic E-state index is 0.0728. The van der Waals surface area contributed by atoms with Gasteiger partial charge in [0, 0.05) is 11.3 Å². The first-order valence-corrected chi connectivity index (χ1v) is 11.5. The van der Waals surface area contributed by atoms with Crippen molar-refractivity contribution in [1.82, 2.24) is 0 Å². The smallest absolute Gasteiger partial charge is 0.235 e. The quantitative estimate of drug-likeness (QED) is 0.552. The molecule has 0 fully saturated rings. The van der Waals surface area contributed by atoms with Crippen molar-refractivity contribution in [2.75, 3.05) is 11.1 Å². The summed E-state index contributed by atoms with van der Waals surface area (Å²) in [7, 11) is -3.74. The summed E-state index contributed by atoms with van der Waals surface area (Å²) in [5.41, 5.74) is 1.31. The average Bonchev–Trinajstić information content (AvgIpc) is 2.74. The van der Waals surface area contributed by atoms with Gasteiger partial charge in [-0.1, -0.05) is 48.0 Å². The van der Waals surface area contributed by atoms with Crippen LogP contribution in [-0.4, -0.2) is 25.9 Å². The Hall–Kier alpha value is -3.25. The van der Waals surface area contributed by atoms with Crippen LogP contribution in [0.5, 0.6) is 0 Å². The van der Waals surface area contributed by atoms with Crippen LogP contribution in [0.2, 0.25) is 0 Å². The molecule has 31 heavy (non-hydrogen) atoms. The Balaban J connectivity index is 1.98. The molecule has 0 heterocycles. The number of sulfone groups is 1. The Kier molecular flexibility index (Phi) is 6.41. The van der Waals surface area contributed by atoms with Crippen molar-refractivity contribution in [2.45, 2.75) is 31.1 Å². The summed E-state index contributed by atoms with van der Waals surface area (Å²) in [5, 5.41) is 2.82. The lowest BCUT2D eigenvalue weighted by Crippen LogP contribution is -2.43. The molecule has 0 spiro atoms. The number of hydrogen-bond acceptors (Lipinski definition) is 4. The van der Waals surface area contributed by atoms with Gasteiger partial charge in [-0.2, -0.15) is 0 Å². The van der Waals surface area contributed by atoms with Gasteiger partial charge in [-0.3, -0.25) is 9.59 Å². The molecule has 0 aliphatic rings. The van der Waals surface area contributed by atoms with E-state index < -0.39 is 21.2 Å². The van der Waals surface area contributed by atoms with E-state index in [9.17, 15) is 18.0 Å². The van der Waals surface area contributed by atoms with Gasteiger partial charge < -0.3 is 5.32 Å². The van der Waals surface area contributed by atoms with Gasteiger partial charge in [0.2, 0.25) is 5.91 Å². The maximum absolute atomic E-state index is 13.4. The number of nitrogens with one attached hydrogen (secondary N) is 1. The number of amides is 1. The number of Topliss-reactive ketones (excluding diaryl/α,β-unsaturated/α-hetero) is 1. The number of carbonyl (C=O) groups excluding carboxylic acids is 2.